The number of aromatic amines is 1. The lowest BCUT2D eigenvalue weighted by Crippen LogP contribution is -2.31. The Morgan fingerprint density at radius 2 is 1.94 bits per heavy atom. The van der Waals surface area contributed by atoms with E-state index in [4.69, 9.17) is 9.72 Å². The molecule has 0 bridgehead atoms. The van der Waals surface area contributed by atoms with E-state index >= 15 is 0 Å². The summed E-state index contributed by atoms with van der Waals surface area (Å²) in [5.74, 6) is -0.767. The number of carbonyl (C=O) groups is 1. The number of hydrogen-bond acceptors (Lipinski definition) is 5. The highest BCUT2D eigenvalue weighted by Gasteiger charge is 2.26. The fraction of sp³-hybridized carbons (Fsp3) is 0.292. The molecule has 2 atom stereocenters. The molecule has 2 aromatic heterocycles. The van der Waals surface area contributed by atoms with Crippen molar-refractivity contribution in [3.63, 3.8) is 0 Å². The predicted molar refractivity (Wildman–Crippen MR) is 116 cm³/mol. The Balaban J connectivity index is 1.94. The van der Waals surface area contributed by atoms with Gasteiger partial charge in [0.25, 0.3) is 0 Å². The van der Waals surface area contributed by atoms with Gasteiger partial charge in [-0.2, -0.15) is 0 Å². The van der Waals surface area contributed by atoms with E-state index in [1.807, 2.05) is 19.9 Å². The maximum absolute atomic E-state index is 13.6. The van der Waals surface area contributed by atoms with E-state index < -0.39 is 18.2 Å². The van der Waals surface area contributed by atoms with E-state index in [2.05, 4.69) is 4.98 Å². The molecule has 31 heavy (non-hydrogen) atoms. The van der Waals surface area contributed by atoms with Crippen LogP contribution in [0.15, 0.2) is 47.3 Å². The third-order valence-corrected chi connectivity index (χ3v) is 5.29. The number of cyclic esters (lactones) is 1. The zero-order valence-corrected chi connectivity index (χ0v) is 17.3. The van der Waals surface area contributed by atoms with Crippen molar-refractivity contribution in [3.8, 4) is 11.1 Å². The average molecular weight is 422 g/mol. The molecular formula is C24H23FN2O4. The van der Waals surface area contributed by atoms with Crippen LogP contribution in [0.4, 0.5) is 4.39 Å². The molecule has 1 aliphatic rings. The minimum atomic E-state index is -0.739. The first-order valence-electron chi connectivity index (χ1n) is 10.2. The third-order valence-electron chi connectivity index (χ3n) is 5.29. The summed E-state index contributed by atoms with van der Waals surface area (Å²) in [4.78, 5) is 31.1. The topological polar surface area (TPSA) is 92.3 Å². The second kappa shape index (κ2) is 8.43. The summed E-state index contributed by atoms with van der Waals surface area (Å²) in [7, 11) is 0. The van der Waals surface area contributed by atoms with E-state index in [1.54, 1.807) is 24.3 Å². The van der Waals surface area contributed by atoms with E-state index in [-0.39, 0.29) is 23.7 Å². The molecule has 0 radical (unpaired) electrons. The normalized spacial score (nSPS) is 19.3. The van der Waals surface area contributed by atoms with Crippen molar-refractivity contribution in [2.45, 2.75) is 44.8 Å². The van der Waals surface area contributed by atoms with Crippen LogP contribution in [-0.4, -0.2) is 33.3 Å². The van der Waals surface area contributed by atoms with Gasteiger partial charge in [0.05, 0.1) is 18.2 Å². The van der Waals surface area contributed by atoms with Crippen LogP contribution >= 0.6 is 0 Å². The molecule has 4 rings (SSSR count). The van der Waals surface area contributed by atoms with Crippen molar-refractivity contribution in [1.82, 2.24) is 9.97 Å². The van der Waals surface area contributed by atoms with Gasteiger partial charge in [-0.3, -0.25) is 9.59 Å². The Morgan fingerprint density at radius 1 is 1.19 bits per heavy atom. The Labute approximate surface area is 178 Å². The smallest absolute Gasteiger partial charge is 0.309 e. The first-order chi connectivity index (χ1) is 14.8. The fourth-order valence-corrected chi connectivity index (χ4v) is 3.87. The Bertz CT molecular complexity index is 1210. The number of carbonyl (C=O) groups excluding carboxylic acids is 1. The first kappa shape index (κ1) is 20.9. The molecule has 0 spiro atoms. The zero-order chi connectivity index (χ0) is 22.1. The molecule has 1 aromatic carbocycles. The highest BCUT2D eigenvalue weighted by atomic mass is 19.1. The molecule has 7 heteroatoms. The number of aromatic nitrogens is 2. The van der Waals surface area contributed by atoms with Gasteiger partial charge < -0.3 is 14.8 Å². The fourth-order valence-electron chi connectivity index (χ4n) is 3.87. The lowest BCUT2D eigenvalue weighted by molar-refractivity contribution is -0.156. The number of fused-ring (bicyclic) bond motifs is 1. The highest BCUT2D eigenvalue weighted by molar-refractivity contribution is 5.98. The maximum atomic E-state index is 13.6. The van der Waals surface area contributed by atoms with E-state index in [0.29, 0.717) is 12.1 Å². The van der Waals surface area contributed by atoms with Crippen molar-refractivity contribution >= 4 is 23.1 Å². The average Bonchev–Trinajstić information content (AvgIpc) is 2.71. The lowest BCUT2D eigenvalue weighted by atomic mass is 9.91. The number of aliphatic hydroxyl groups excluding tert-OH is 1. The summed E-state index contributed by atoms with van der Waals surface area (Å²) < 4.78 is 18.9. The number of nitrogens with zero attached hydrogens (tertiary/aromatic N) is 1. The number of nitrogens with one attached hydrogen (secondary N) is 1. The minimum Gasteiger partial charge on any atom is -0.458 e. The van der Waals surface area contributed by atoms with Crippen molar-refractivity contribution < 1.29 is 19.0 Å². The second-order valence-corrected chi connectivity index (χ2v) is 8.01. The standard InChI is InChI=1S/C24H23FN2O4/c1-13(2)23-18(8-7-17-11-16(28)12-21(30)31-17)22(14-3-5-15(25)6-4-14)19-9-10-20(29)26-24(19)27-23/h3-10,13,16-17,28H,11-12H2,1-2H3,(H,26,27,29)/b8-7+/t16-,17-/m1/s1. The van der Waals surface area contributed by atoms with Crippen LogP contribution in [0.1, 0.15) is 43.9 Å². The molecule has 0 saturated carbocycles. The van der Waals surface area contributed by atoms with Gasteiger partial charge >= 0.3 is 5.97 Å². The van der Waals surface area contributed by atoms with Crippen molar-refractivity contribution in [2.75, 3.05) is 0 Å². The monoisotopic (exact) mass is 422 g/mol. The summed E-state index contributed by atoms with van der Waals surface area (Å²) in [6.45, 7) is 3.98. The van der Waals surface area contributed by atoms with Crippen LogP contribution in [0.5, 0.6) is 0 Å². The van der Waals surface area contributed by atoms with Gasteiger partial charge in [-0.1, -0.05) is 32.1 Å². The van der Waals surface area contributed by atoms with Gasteiger partial charge in [-0.15, -0.1) is 0 Å². The van der Waals surface area contributed by atoms with E-state index in [1.165, 1.54) is 18.2 Å². The van der Waals surface area contributed by atoms with Gasteiger partial charge in [-0.25, -0.2) is 9.37 Å². The summed E-state index contributed by atoms with van der Waals surface area (Å²) in [5, 5.41) is 10.6. The van der Waals surface area contributed by atoms with Crippen molar-refractivity contribution in [2.24, 2.45) is 0 Å². The minimum absolute atomic E-state index is 0.00664. The van der Waals surface area contributed by atoms with Crippen LogP contribution in [0.25, 0.3) is 28.2 Å². The van der Waals surface area contributed by atoms with Gasteiger partial charge in [-0.05, 0) is 35.8 Å². The molecule has 1 fully saturated rings. The highest BCUT2D eigenvalue weighted by Crippen LogP contribution is 2.36. The Morgan fingerprint density at radius 3 is 2.61 bits per heavy atom. The molecule has 0 aliphatic carbocycles. The number of aliphatic hydroxyl groups is 1. The molecule has 160 valence electrons. The predicted octanol–water partition coefficient (Wildman–Crippen LogP) is 3.93. The summed E-state index contributed by atoms with van der Waals surface area (Å²) in [5.41, 5.74) is 3.29. The number of benzene rings is 1. The molecule has 1 saturated heterocycles. The van der Waals surface area contributed by atoms with Gasteiger partial charge in [0, 0.05) is 29.0 Å². The van der Waals surface area contributed by atoms with Crippen LogP contribution in [-0.2, 0) is 9.53 Å². The first-order valence-corrected chi connectivity index (χ1v) is 10.2. The second-order valence-electron chi connectivity index (χ2n) is 8.01. The van der Waals surface area contributed by atoms with E-state index in [9.17, 15) is 19.1 Å². The maximum Gasteiger partial charge on any atom is 0.309 e. The molecule has 0 unspecified atom stereocenters. The molecule has 0 amide bonds. The van der Waals surface area contributed by atoms with Crippen molar-refractivity contribution in [3.05, 3.63) is 69.9 Å². The third kappa shape index (κ3) is 4.41. The molecule has 2 N–H and O–H groups in total. The molecule has 1 aliphatic heterocycles. The number of hydrogen-bond donors (Lipinski definition) is 2. The number of H-pyrrole nitrogens is 1. The number of esters is 1. The summed E-state index contributed by atoms with van der Waals surface area (Å²) >= 11 is 0. The quantitative estimate of drug-likeness (QED) is 0.622. The summed E-state index contributed by atoms with van der Waals surface area (Å²) in [6.07, 6.45) is 2.60. The van der Waals surface area contributed by atoms with Gasteiger partial charge in [0.2, 0.25) is 5.56 Å². The SMILES string of the molecule is CC(C)c1nc2[nH]c(=O)ccc2c(-c2ccc(F)cc2)c1/C=C/[C@@H]1C[C@@H](O)CC(=O)O1. The molecule has 3 aromatic rings. The zero-order valence-electron chi connectivity index (χ0n) is 17.3. The van der Waals surface area contributed by atoms with Gasteiger partial charge in [0.15, 0.2) is 0 Å². The molecule has 3 heterocycles. The number of pyridine rings is 2. The van der Waals surface area contributed by atoms with Gasteiger partial charge in [0.1, 0.15) is 17.6 Å². The van der Waals surface area contributed by atoms with Crippen LogP contribution in [0.2, 0.25) is 0 Å². The number of rotatable bonds is 4. The molecule has 6 nitrogen and oxygen atoms in total. The summed E-state index contributed by atoms with van der Waals surface area (Å²) in [6, 6.07) is 9.26. The Hall–Kier alpha value is -3.32. The van der Waals surface area contributed by atoms with Crippen LogP contribution in [0.3, 0.4) is 0 Å². The number of halogens is 1. The van der Waals surface area contributed by atoms with E-state index in [0.717, 1.165) is 27.8 Å². The van der Waals surface area contributed by atoms with Crippen molar-refractivity contribution in [1.29, 1.82) is 0 Å². The van der Waals surface area contributed by atoms with Crippen LogP contribution in [0, 0.1) is 5.82 Å². The number of ether oxygens (including phenoxy) is 1. The lowest BCUT2D eigenvalue weighted by Gasteiger charge is -2.24. The van der Waals surface area contributed by atoms with Crippen LogP contribution < -0.4 is 5.56 Å². The Kier molecular flexibility index (Phi) is 5.69. The largest absolute Gasteiger partial charge is 0.458 e. The molecular weight excluding hydrogens is 399 g/mol.